The minimum atomic E-state index is -0.261. The second-order valence-corrected chi connectivity index (χ2v) is 5.21. The maximum Gasteiger partial charge on any atom is 0.127 e. The molecule has 0 aliphatic rings. The number of benzene rings is 2. The third kappa shape index (κ3) is 4.20. The standard InChI is InChI=1S/C15H14Cl2FN/c16-13-6-7-15(18)12(8-13)9-19-10-14(17)11-4-2-1-3-5-11/h1-8,14,19H,9-10H2. The van der Waals surface area contributed by atoms with Gasteiger partial charge in [-0.25, -0.2) is 4.39 Å². The van der Waals surface area contributed by atoms with E-state index in [2.05, 4.69) is 5.32 Å². The molecule has 100 valence electrons. The maximum atomic E-state index is 13.5. The van der Waals surface area contributed by atoms with Crippen molar-refractivity contribution in [3.8, 4) is 0 Å². The molecule has 0 fully saturated rings. The third-order valence-corrected chi connectivity index (χ3v) is 3.45. The zero-order chi connectivity index (χ0) is 13.7. The van der Waals surface area contributed by atoms with Crippen LogP contribution >= 0.6 is 23.2 Å². The summed E-state index contributed by atoms with van der Waals surface area (Å²) in [5.41, 5.74) is 1.59. The predicted octanol–water partition coefficient (Wildman–Crippen LogP) is 4.55. The molecule has 0 aliphatic carbocycles. The van der Waals surface area contributed by atoms with Gasteiger partial charge >= 0.3 is 0 Å². The van der Waals surface area contributed by atoms with Crippen molar-refractivity contribution in [2.24, 2.45) is 0 Å². The zero-order valence-corrected chi connectivity index (χ0v) is 11.8. The van der Waals surface area contributed by atoms with E-state index in [1.165, 1.54) is 12.1 Å². The van der Waals surface area contributed by atoms with Gasteiger partial charge in [0.2, 0.25) is 0 Å². The lowest BCUT2D eigenvalue weighted by Crippen LogP contribution is -2.19. The molecule has 2 aromatic rings. The lowest BCUT2D eigenvalue weighted by Gasteiger charge is -2.11. The van der Waals surface area contributed by atoms with Crippen LogP contribution in [0.1, 0.15) is 16.5 Å². The Hall–Kier alpha value is -1.09. The van der Waals surface area contributed by atoms with Gasteiger partial charge in [-0.1, -0.05) is 41.9 Å². The molecule has 2 rings (SSSR count). The van der Waals surface area contributed by atoms with Crippen molar-refractivity contribution in [1.82, 2.24) is 5.32 Å². The summed E-state index contributed by atoms with van der Waals surface area (Å²) in [6, 6.07) is 14.3. The van der Waals surface area contributed by atoms with Gasteiger partial charge in [0.15, 0.2) is 0 Å². The second-order valence-electron chi connectivity index (χ2n) is 4.24. The molecule has 0 saturated heterocycles. The fraction of sp³-hybridized carbons (Fsp3) is 0.200. The molecule has 2 aromatic carbocycles. The van der Waals surface area contributed by atoms with Crippen LogP contribution in [-0.2, 0) is 6.54 Å². The van der Waals surface area contributed by atoms with Crippen LogP contribution < -0.4 is 5.32 Å². The number of nitrogens with one attached hydrogen (secondary N) is 1. The van der Waals surface area contributed by atoms with E-state index in [0.717, 1.165) is 5.56 Å². The Morgan fingerprint density at radius 2 is 1.84 bits per heavy atom. The van der Waals surface area contributed by atoms with Gasteiger partial charge in [-0.05, 0) is 23.8 Å². The van der Waals surface area contributed by atoms with Crippen molar-refractivity contribution in [3.05, 3.63) is 70.5 Å². The molecule has 0 bridgehead atoms. The Bertz CT molecular complexity index is 531. The molecule has 19 heavy (non-hydrogen) atoms. The topological polar surface area (TPSA) is 12.0 Å². The first-order valence-corrected chi connectivity index (χ1v) is 6.82. The molecule has 0 aromatic heterocycles. The molecule has 1 atom stereocenters. The van der Waals surface area contributed by atoms with E-state index in [-0.39, 0.29) is 11.2 Å². The fourth-order valence-electron chi connectivity index (χ4n) is 1.79. The van der Waals surface area contributed by atoms with Crippen LogP contribution in [0.3, 0.4) is 0 Å². The van der Waals surface area contributed by atoms with E-state index in [9.17, 15) is 4.39 Å². The van der Waals surface area contributed by atoms with E-state index in [4.69, 9.17) is 23.2 Å². The summed E-state index contributed by atoms with van der Waals surface area (Å²) in [5, 5.41) is 3.53. The summed E-state index contributed by atoms with van der Waals surface area (Å²) in [5.74, 6) is -0.261. The first-order valence-electron chi connectivity index (χ1n) is 6.00. The normalized spacial score (nSPS) is 12.4. The van der Waals surface area contributed by atoms with Gasteiger partial charge in [0.1, 0.15) is 5.82 Å². The summed E-state index contributed by atoms with van der Waals surface area (Å²) in [7, 11) is 0. The number of alkyl halides is 1. The van der Waals surface area contributed by atoms with Crippen molar-refractivity contribution in [2.45, 2.75) is 11.9 Å². The summed E-state index contributed by atoms with van der Waals surface area (Å²) >= 11 is 12.1. The highest BCUT2D eigenvalue weighted by Crippen LogP contribution is 2.19. The molecular weight excluding hydrogens is 284 g/mol. The van der Waals surface area contributed by atoms with Gasteiger partial charge in [-0.2, -0.15) is 0 Å². The molecule has 0 saturated carbocycles. The lowest BCUT2D eigenvalue weighted by atomic mass is 10.1. The monoisotopic (exact) mass is 297 g/mol. The van der Waals surface area contributed by atoms with Gasteiger partial charge in [0.05, 0.1) is 5.38 Å². The van der Waals surface area contributed by atoms with E-state index in [1.54, 1.807) is 6.07 Å². The van der Waals surface area contributed by atoms with Crippen LogP contribution in [0.5, 0.6) is 0 Å². The van der Waals surface area contributed by atoms with Gasteiger partial charge in [0.25, 0.3) is 0 Å². The zero-order valence-electron chi connectivity index (χ0n) is 10.2. The average Bonchev–Trinajstić information content (AvgIpc) is 2.43. The van der Waals surface area contributed by atoms with Crippen molar-refractivity contribution >= 4 is 23.2 Å². The molecule has 4 heteroatoms. The van der Waals surface area contributed by atoms with Gasteiger partial charge < -0.3 is 5.32 Å². The van der Waals surface area contributed by atoms with Gasteiger partial charge in [-0.15, -0.1) is 11.6 Å². The van der Waals surface area contributed by atoms with E-state index in [1.807, 2.05) is 30.3 Å². The minimum Gasteiger partial charge on any atom is -0.311 e. The first-order chi connectivity index (χ1) is 9.16. The van der Waals surface area contributed by atoms with Gasteiger partial charge in [-0.3, -0.25) is 0 Å². The Morgan fingerprint density at radius 3 is 2.58 bits per heavy atom. The molecular formula is C15H14Cl2FN. The smallest absolute Gasteiger partial charge is 0.127 e. The van der Waals surface area contributed by atoms with Crippen LogP contribution in [0.4, 0.5) is 4.39 Å². The maximum absolute atomic E-state index is 13.5. The van der Waals surface area contributed by atoms with Crippen LogP contribution in [-0.4, -0.2) is 6.54 Å². The quantitative estimate of drug-likeness (QED) is 0.799. The van der Waals surface area contributed by atoms with Crippen LogP contribution in [0.15, 0.2) is 48.5 Å². The first kappa shape index (κ1) is 14.3. The lowest BCUT2D eigenvalue weighted by molar-refractivity contribution is 0.586. The Labute approximate surface area is 122 Å². The molecule has 0 amide bonds. The van der Waals surface area contributed by atoms with Crippen molar-refractivity contribution in [3.63, 3.8) is 0 Å². The Balaban J connectivity index is 1.88. The molecule has 0 heterocycles. The van der Waals surface area contributed by atoms with Crippen molar-refractivity contribution < 1.29 is 4.39 Å². The summed E-state index contributed by atoms with van der Waals surface area (Å²) < 4.78 is 13.5. The molecule has 1 unspecified atom stereocenters. The highest BCUT2D eigenvalue weighted by atomic mass is 35.5. The fourth-order valence-corrected chi connectivity index (χ4v) is 2.24. The van der Waals surface area contributed by atoms with E-state index >= 15 is 0 Å². The number of halogens is 3. The van der Waals surface area contributed by atoms with E-state index in [0.29, 0.717) is 23.7 Å². The van der Waals surface area contributed by atoms with E-state index < -0.39 is 0 Å². The second kappa shape index (κ2) is 6.90. The highest BCUT2D eigenvalue weighted by molar-refractivity contribution is 6.30. The SMILES string of the molecule is Fc1ccc(Cl)cc1CNCC(Cl)c1ccccc1. The van der Waals surface area contributed by atoms with Crippen molar-refractivity contribution in [2.75, 3.05) is 6.54 Å². The Morgan fingerprint density at radius 1 is 1.11 bits per heavy atom. The molecule has 0 aliphatic heterocycles. The number of hydrogen-bond acceptors (Lipinski definition) is 1. The number of rotatable bonds is 5. The predicted molar refractivity (Wildman–Crippen MR) is 78.2 cm³/mol. The van der Waals surface area contributed by atoms with Gasteiger partial charge in [0, 0.05) is 23.7 Å². The largest absolute Gasteiger partial charge is 0.311 e. The average molecular weight is 298 g/mol. The minimum absolute atomic E-state index is 0.136. The highest BCUT2D eigenvalue weighted by Gasteiger charge is 2.08. The van der Waals surface area contributed by atoms with Crippen LogP contribution in [0.2, 0.25) is 5.02 Å². The van der Waals surface area contributed by atoms with Crippen LogP contribution in [0.25, 0.3) is 0 Å². The van der Waals surface area contributed by atoms with Crippen molar-refractivity contribution in [1.29, 1.82) is 0 Å². The molecule has 0 spiro atoms. The third-order valence-electron chi connectivity index (χ3n) is 2.81. The Kier molecular flexibility index (Phi) is 5.20. The summed E-state index contributed by atoms with van der Waals surface area (Å²) in [6.45, 7) is 0.972. The number of hydrogen-bond donors (Lipinski definition) is 1. The van der Waals surface area contributed by atoms with Crippen LogP contribution in [0, 0.1) is 5.82 Å². The molecule has 1 nitrogen and oxygen atoms in total. The molecule has 1 N–H and O–H groups in total. The summed E-state index contributed by atoms with van der Waals surface area (Å²) in [4.78, 5) is 0. The molecule has 0 radical (unpaired) electrons. The summed E-state index contributed by atoms with van der Waals surface area (Å²) in [6.07, 6.45) is 0.